The van der Waals surface area contributed by atoms with Gasteiger partial charge in [0.2, 0.25) is 0 Å². The monoisotopic (exact) mass is 234 g/mol. The summed E-state index contributed by atoms with van der Waals surface area (Å²) in [6.45, 7) is 7.65. The topological polar surface area (TPSA) is 38.5 Å². The summed E-state index contributed by atoms with van der Waals surface area (Å²) < 4.78 is 5.57. The lowest BCUT2D eigenvalue weighted by Gasteiger charge is -2.39. The fourth-order valence-corrected chi connectivity index (χ4v) is 2.64. The van der Waals surface area contributed by atoms with Gasteiger partial charge in [-0.15, -0.1) is 0 Å². The minimum absolute atomic E-state index is 0.425. The van der Waals surface area contributed by atoms with Gasteiger partial charge in [0.25, 0.3) is 0 Å². The van der Waals surface area contributed by atoms with Crippen molar-refractivity contribution >= 4 is 5.69 Å². The number of para-hydroxylation sites is 1. The Morgan fingerprint density at radius 2 is 2.06 bits per heavy atom. The maximum absolute atomic E-state index is 5.69. The van der Waals surface area contributed by atoms with Gasteiger partial charge in [0.15, 0.2) is 0 Å². The van der Waals surface area contributed by atoms with Gasteiger partial charge < -0.3 is 15.4 Å². The SMILES string of the molecule is Cc1cccc(C)c1N1CCOCC1CCN. The van der Waals surface area contributed by atoms with Crippen molar-refractivity contribution in [2.24, 2.45) is 5.73 Å². The largest absolute Gasteiger partial charge is 0.377 e. The number of anilines is 1. The van der Waals surface area contributed by atoms with Gasteiger partial charge in [-0.1, -0.05) is 18.2 Å². The third kappa shape index (κ3) is 2.61. The molecule has 3 heteroatoms. The molecule has 0 saturated carbocycles. The molecular weight excluding hydrogens is 212 g/mol. The molecule has 3 nitrogen and oxygen atoms in total. The molecule has 1 unspecified atom stereocenters. The summed E-state index contributed by atoms with van der Waals surface area (Å²) in [4.78, 5) is 2.47. The van der Waals surface area contributed by atoms with Gasteiger partial charge in [0.1, 0.15) is 0 Å². The number of aryl methyl sites for hydroxylation is 2. The highest BCUT2D eigenvalue weighted by atomic mass is 16.5. The molecule has 0 radical (unpaired) electrons. The van der Waals surface area contributed by atoms with Crippen LogP contribution in [0.3, 0.4) is 0 Å². The maximum atomic E-state index is 5.69. The van der Waals surface area contributed by atoms with E-state index in [1.54, 1.807) is 0 Å². The summed E-state index contributed by atoms with van der Waals surface area (Å²) in [7, 11) is 0. The molecule has 2 rings (SSSR count). The van der Waals surface area contributed by atoms with Crippen LogP contribution < -0.4 is 10.6 Å². The summed E-state index contributed by atoms with van der Waals surface area (Å²) in [5.41, 5.74) is 9.75. The number of nitrogens with two attached hydrogens (primary N) is 1. The van der Waals surface area contributed by atoms with Crippen LogP contribution in [0.2, 0.25) is 0 Å². The summed E-state index contributed by atoms with van der Waals surface area (Å²) >= 11 is 0. The van der Waals surface area contributed by atoms with Gasteiger partial charge in [-0.3, -0.25) is 0 Å². The van der Waals surface area contributed by atoms with Crippen molar-refractivity contribution in [1.82, 2.24) is 0 Å². The highest BCUT2D eigenvalue weighted by molar-refractivity contribution is 5.59. The van der Waals surface area contributed by atoms with Crippen LogP contribution in [0.4, 0.5) is 5.69 Å². The summed E-state index contributed by atoms with van der Waals surface area (Å²) in [5.74, 6) is 0. The maximum Gasteiger partial charge on any atom is 0.0671 e. The lowest BCUT2D eigenvalue weighted by atomic mass is 10.0. The Kier molecular flexibility index (Phi) is 4.02. The number of hydrogen-bond donors (Lipinski definition) is 1. The van der Waals surface area contributed by atoms with E-state index in [1.165, 1.54) is 16.8 Å². The lowest BCUT2D eigenvalue weighted by molar-refractivity contribution is 0.0921. The van der Waals surface area contributed by atoms with Crippen molar-refractivity contribution in [3.05, 3.63) is 29.3 Å². The van der Waals surface area contributed by atoms with E-state index in [1.807, 2.05) is 0 Å². The molecule has 1 aliphatic heterocycles. The molecule has 1 aromatic rings. The summed E-state index contributed by atoms with van der Waals surface area (Å²) in [6, 6.07) is 6.90. The van der Waals surface area contributed by atoms with Crippen LogP contribution >= 0.6 is 0 Å². The minimum Gasteiger partial charge on any atom is -0.377 e. The van der Waals surface area contributed by atoms with Crippen LogP contribution in [0.15, 0.2) is 18.2 Å². The zero-order valence-corrected chi connectivity index (χ0v) is 10.8. The fraction of sp³-hybridized carbons (Fsp3) is 0.571. The van der Waals surface area contributed by atoms with Crippen LogP contribution in [-0.2, 0) is 4.74 Å². The van der Waals surface area contributed by atoms with Crippen molar-refractivity contribution in [3.8, 4) is 0 Å². The molecule has 1 aromatic carbocycles. The molecule has 0 aromatic heterocycles. The van der Waals surface area contributed by atoms with Gasteiger partial charge in [-0.25, -0.2) is 0 Å². The number of hydrogen-bond acceptors (Lipinski definition) is 3. The van der Waals surface area contributed by atoms with E-state index in [9.17, 15) is 0 Å². The number of morpholine rings is 1. The van der Waals surface area contributed by atoms with Crippen LogP contribution in [-0.4, -0.2) is 32.3 Å². The number of rotatable bonds is 3. The third-order valence-electron chi connectivity index (χ3n) is 3.45. The quantitative estimate of drug-likeness (QED) is 0.867. The van der Waals surface area contributed by atoms with E-state index in [2.05, 4.69) is 36.9 Å². The zero-order valence-electron chi connectivity index (χ0n) is 10.8. The third-order valence-corrected chi connectivity index (χ3v) is 3.45. The van der Waals surface area contributed by atoms with Crippen LogP contribution in [0.1, 0.15) is 17.5 Å². The van der Waals surface area contributed by atoms with Crippen molar-refractivity contribution in [2.75, 3.05) is 31.2 Å². The van der Waals surface area contributed by atoms with E-state index in [0.29, 0.717) is 6.04 Å². The molecule has 1 atom stereocenters. The van der Waals surface area contributed by atoms with E-state index >= 15 is 0 Å². The summed E-state index contributed by atoms with van der Waals surface area (Å²) in [6.07, 6.45) is 0.994. The molecule has 0 amide bonds. The van der Waals surface area contributed by atoms with Crippen LogP contribution in [0, 0.1) is 13.8 Å². The van der Waals surface area contributed by atoms with Crippen LogP contribution in [0.25, 0.3) is 0 Å². The Hall–Kier alpha value is -1.06. The number of nitrogens with zero attached hydrogens (tertiary/aromatic N) is 1. The molecule has 17 heavy (non-hydrogen) atoms. The first-order valence-corrected chi connectivity index (χ1v) is 6.34. The number of benzene rings is 1. The molecular formula is C14H22N2O. The average Bonchev–Trinajstić information content (AvgIpc) is 2.31. The Labute approximate surface area is 104 Å². The molecule has 1 aliphatic rings. The van der Waals surface area contributed by atoms with Gasteiger partial charge in [-0.05, 0) is 37.9 Å². The smallest absolute Gasteiger partial charge is 0.0671 e. The standard InChI is InChI=1S/C14H22N2O/c1-11-4-3-5-12(2)14(11)16-8-9-17-10-13(16)6-7-15/h3-5,13H,6-10,15H2,1-2H3. The van der Waals surface area contributed by atoms with Gasteiger partial charge in [0.05, 0.1) is 19.3 Å². The van der Waals surface area contributed by atoms with Gasteiger partial charge in [0, 0.05) is 12.2 Å². The highest BCUT2D eigenvalue weighted by Crippen LogP contribution is 2.28. The Bertz CT molecular complexity index is 356. The minimum atomic E-state index is 0.425. The molecule has 94 valence electrons. The molecule has 1 heterocycles. The van der Waals surface area contributed by atoms with Crippen molar-refractivity contribution in [1.29, 1.82) is 0 Å². The van der Waals surface area contributed by atoms with E-state index < -0.39 is 0 Å². The molecule has 2 N–H and O–H groups in total. The fourth-order valence-electron chi connectivity index (χ4n) is 2.64. The second-order valence-electron chi connectivity index (χ2n) is 4.74. The molecule has 0 spiro atoms. The number of ether oxygens (including phenoxy) is 1. The van der Waals surface area contributed by atoms with E-state index in [4.69, 9.17) is 10.5 Å². The average molecular weight is 234 g/mol. The van der Waals surface area contributed by atoms with E-state index in [-0.39, 0.29) is 0 Å². The molecule has 1 saturated heterocycles. The van der Waals surface area contributed by atoms with Crippen LogP contribution in [0.5, 0.6) is 0 Å². The molecule has 0 bridgehead atoms. The molecule has 0 aliphatic carbocycles. The highest BCUT2D eigenvalue weighted by Gasteiger charge is 2.24. The molecule has 1 fully saturated rings. The first-order valence-electron chi connectivity index (χ1n) is 6.34. The first kappa shape index (κ1) is 12.4. The summed E-state index contributed by atoms with van der Waals surface area (Å²) in [5, 5.41) is 0. The predicted molar refractivity (Wildman–Crippen MR) is 71.5 cm³/mol. The Morgan fingerprint density at radius 1 is 1.35 bits per heavy atom. The van der Waals surface area contributed by atoms with Crippen molar-refractivity contribution in [3.63, 3.8) is 0 Å². The Morgan fingerprint density at radius 3 is 2.71 bits per heavy atom. The Balaban J connectivity index is 2.29. The van der Waals surface area contributed by atoms with E-state index in [0.717, 1.165) is 32.7 Å². The lowest BCUT2D eigenvalue weighted by Crippen LogP contribution is -2.47. The normalized spacial score (nSPS) is 20.6. The van der Waals surface area contributed by atoms with Crippen molar-refractivity contribution in [2.45, 2.75) is 26.3 Å². The zero-order chi connectivity index (χ0) is 12.3. The predicted octanol–water partition coefficient (Wildman–Crippen LogP) is 1.86. The van der Waals surface area contributed by atoms with Gasteiger partial charge >= 0.3 is 0 Å². The van der Waals surface area contributed by atoms with Gasteiger partial charge in [-0.2, -0.15) is 0 Å². The second-order valence-corrected chi connectivity index (χ2v) is 4.74. The van der Waals surface area contributed by atoms with Crippen molar-refractivity contribution < 1.29 is 4.74 Å². The first-order chi connectivity index (χ1) is 8.24. The second kappa shape index (κ2) is 5.52.